The number of carbonyl (C=O) groups is 1. The van der Waals surface area contributed by atoms with E-state index in [1.807, 2.05) is 36.4 Å². The second-order valence-corrected chi connectivity index (χ2v) is 9.00. The molecule has 4 rings (SSSR count). The quantitative estimate of drug-likeness (QED) is 0.462. The van der Waals surface area contributed by atoms with Crippen LogP contribution in [0.25, 0.3) is 0 Å². The molecule has 8 nitrogen and oxygen atoms in total. The Kier molecular flexibility index (Phi) is 7.97. The zero-order valence-corrected chi connectivity index (χ0v) is 20.6. The minimum Gasteiger partial charge on any atom is -0.497 e. The first-order chi connectivity index (χ1) is 16.6. The van der Waals surface area contributed by atoms with Gasteiger partial charge in [0.25, 0.3) is 0 Å². The summed E-state index contributed by atoms with van der Waals surface area (Å²) in [7, 11) is 3.13. The van der Waals surface area contributed by atoms with Crippen LogP contribution in [0.15, 0.2) is 59.6 Å². The SMILES string of the molecule is COc1cc(NC(=O)CSc2ccc(N3CCN(c4ccccc4Cl)CC3)nn2)cc(OC)c1. The highest BCUT2D eigenvalue weighted by Gasteiger charge is 2.20. The number of para-hydroxylation sites is 1. The molecule has 178 valence electrons. The smallest absolute Gasteiger partial charge is 0.234 e. The van der Waals surface area contributed by atoms with E-state index in [2.05, 4.69) is 25.3 Å². The second kappa shape index (κ2) is 11.3. The van der Waals surface area contributed by atoms with Gasteiger partial charge in [0.05, 0.1) is 30.7 Å². The molecule has 0 unspecified atom stereocenters. The zero-order chi connectivity index (χ0) is 23.9. The lowest BCUT2D eigenvalue weighted by Gasteiger charge is -2.36. The van der Waals surface area contributed by atoms with Crippen molar-refractivity contribution in [1.29, 1.82) is 0 Å². The average molecular weight is 500 g/mol. The van der Waals surface area contributed by atoms with E-state index in [4.69, 9.17) is 21.1 Å². The fourth-order valence-corrected chi connectivity index (χ4v) is 4.53. The Morgan fingerprint density at radius 2 is 1.65 bits per heavy atom. The molecule has 0 radical (unpaired) electrons. The third kappa shape index (κ3) is 6.03. The summed E-state index contributed by atoms with van der Waals surface area (Å²) in [6, 6.07) is 17.0. The van der Waals surface area contributed by atoms with Crippen LogP contribution in [0.5, 0.6) is 11.5 Å². The number of methoxy groups -OCH3 is 2. The number of aromatic nitrogens is 2. The number of benzene rings is 2. The molecule has 3 aromatic rings. The summed E-state index contributed by atoms with van der Waals surface area (Å²) < 4.78 is 10.5. The van der Waals surface area contributed by atoms with E-state index >= 15 is 0 Å². The maximum absolute atomic E-state index is 12.4. The molecule has 34 heavy (non-hydrogen) atoms. The first kappa shape index (κ1) is 24.0. The number of anilines is 3. The zero-order valence-electron chi connectivity index (χ0n) is 19.0. The van der Waals surface area contributed by atoms with Gasteiger partial charge in [-0.15, -0.1) is 10.2 Å². The van der Waals surface area contributed by atoms with Crippen LogP contribution >= 0.6 is 23.4 Å². The highest BCUT2D eigenvalue weighted by Crippen LogP contribution is 2.28. The van der Waals surface area contributed by atoms with Crippen molar-refractivity contribution in [2.45, 2.75) is 5.03 Å². The third-order valence-corrected chi connectivity index (χ3v) is 6.65. The highest BCUT2D eigenvalue weighted by molar-refractivity contribution is 7.99. The normalized spacial score (nSPS) is 13.5. The molecule has 1 fully saturated rings. The van der Waals surface area contributed by atoms with E-state index in [0.717, 1.165) is 42.7 Å². The maximum Gasteiger partial charge on any atom is 0.234 e. The molecule has 1 aliphatic rings. The molecule has 1 aliphatic heterocycles. The van der Waals surface area contributed by atoms with Gasteiger partial charge in [0.1, 0.15) is 16.5 Å². The molecule has 0 spiro atoms. The third-order valence-electron chi connectivity index (χ3n) is 5.41. The summed E-state index contributed by atoms with van der Waals surface area (Å²) in [5, 5.41) is 13.0. The van der Waals surface area contributed by atoms with Crippen molar-refractivity contribution in [3.05, 3.63) is 59.6 Å². The number of hydrogen-bond donors (Lipinski definition) is 1. The van der Waals surface area contributed by atoms with Crippen molar-refractivity contribution in [3.8, 4) is 11.5 Å². The number of nitrogens with zero attached hydrogens (tertiary/aromatic N) is 4. The van der Waals surface area contributed by atoms with Crippen molar-refractivity contribution in [2.75, 3.05) is 61.3 Å². The van der Waals surface area contributed by atoms with Gasteiger partial charge in [0.15, 0.2) is 5.82 Å². The summed E-state index contributed by atoms with van der Waals surface area (Å²) >= 11 is 7.67. The summed E-state index contributed by atoms with van der Waals surface area (Å²) in [6.45, 7) is 3.38. The summed E-state index contributed by atoms with van der Waals surface area (Å²) in [5.41, 5.74) is 1.67. The molecule has 0 bridgehead atoms. The highest BCUT2D eigenvalue weighted by atomic mass is 35.5. The van der Waals surface area contributed by atoms with E-state index < -0.39 is 0 Å². The Morgan fingerprint density at radius 3 is 2.26 bits per heavy atom. The number of nitrogens with one attached hydrogen (secondary N) is 1. The number of hydrogen-bond acceptors (Lipinski definition) is 8. The van der Waals surface area contributed by atoms with Gasteiger partial charge in [-0.25, -0.2) is 0 Å². The van der Waals surface area contributed by atoms with Crippen LogP contribution in [0.3, 0.4) is 0 Å². The van der Waals surface area contributed by atoms with Crippen LogP contribution < -0.4 is 24.6 Å². The molecule has 0 aliphatic carbocycles. The van der Waals surface area contributed by atoms with E-state index in [1.54, 1.807) is 32.4 Å². The first-order valence-corrected chi connectivity index (χ1v) is 12.2. The van der Waals surface area contributed by atoms with Gasteiger partial charge in [-0.2, -0.15) is 0 Å². The second-order valence-electron chi connectivity index (χ2n) is 7.59. The molecule has 1 N–H and O–H groups in total. The predicted molar refractivity (Wildman–Crippen MR) is 137 cm³/mol. The Hall–Kier alpha value is -3.17. The molecular formula is C24H26ClN5O3S. The van der Waals surface area contributed by atoms with Crippen molar-refractivity contribution >= 4 is 46.5 Å². The molecule has 0 atom stereocenters. The molecule has 1 saturated heterocycles. The number of carbonyl (C=O) groups excluding carboxylic acids is 1. The van der Waals surface area contributed by atoms with E-state index in [-0.39, 0.29) is 11.7 Å². The van der Waals surface area contributed by atoms with Crippen LogP contribution in [0, 0.1) is 0 Å². The van der Waals surface area contributed by atoms with Gasteiger partial charge in [0.2, 0.25) is 5.91 Å². The van der Waals surface area contributed by atoms with Crippen LogP contribution in [0.4, 0.5) is 17.2 Å². The number of ether oxygens (including phenoxy) is 2. The molecular weight excluding hydrogens is 474 g/mol. The lowest BCUT2D eigenvalue weighted by Crippen LogP contribution is -2.47. The number of halogens is 1. The van der Waals surface area contributed by atoms with Gasteiger partial charge >= 0.3 is 0 Å². The van der Waals surface area contributed by atoms with E-state index in [0.29, 0.717) is 22.2 Å². The monoisotopic (exact) mass is 499 g/mol. The topological polar surface area (TPSA) is 79.8 Å². The van der Waals surface area contributed by atoms with Crippen LogP contribution in [0.1, 0.15) is 0 Å². The average Bonchev–Trinajstić information content (AvgIpc) is 2.88. The van der Waals surface area contributed by atoms with Crippen molar-refractivity contribution < 1.29 is 14.3 Å². The molecule has 0 saturated carbocycles. The minimum absolute atomic E-state index is 0.151. The largest absolute Gasteiger partial charge is 0.497 e. The van der Waals surface area contributed by atoms with Crippen molar-refractivity contribution in [1.82, 2.24) is 10.2 Å². The van der Waals surface area contributed by atoms with Crippen LogP contribution in [0.2, 0.25) is 5.02 Å². The lowest BCUT2D eigenvalue weighted by molar-refractivity contribution is -0.113. The van der Waals surface area contributed by atoms with Gasteiger partial charge < -0.3 is 24.6 Å². The summed E-state index contributed by atoms with van der Waals surface area (Å²) in [6.07, 6.45) is 0. The minimum atomic E-state index is -0.151. The number of thioether (sulfide) groups is 1. The van der Waals surface area contributed by atoms with Gasteiger partial charge in [-0.3, -0.25) is 4.79 Å². The van der Waals surface area contributed by atoms with Crippen LogP contribution in [-0.2, 0) is 4.79 Å². The Labute approximate surface area is 208 Å². The molecule has 10 heteroatoms. The van der Waals surface area contributed by atoms with Gasteiger partial charge in [0, 0.05) is 50.1 Å². The Morgan fingerprint density at radius 1 is 0.971 bits per heavy atom. The summed E-state index contributed by atoms with van der Waals surface area (Å²) in [4.78, 5) is 16.9. The van der Waals surface area contributed by atoms with Crippen LogP contribution in [-0.4, -0.2) is 62.3 Å². The number of rotatable bonds is 8. The van der Waals surface area contributed by atoms with E-state index in [9.17, 15) is 4.79 Å². The standard InChI is InChI=1S/C24H26ClN5O3S/c1-32-18-13-17(14-19(15-18)33-2)26-23(31)16-34-24-8-7-22(27-28-24)30-11-9-29(10-12-30)21-6-4-3-5-20(21)25/h3-8,13-15H,9-12,16H2,1-2H3,(H,26,31). The number of amides is 1. The Bertz CT molecular complexity index is 1100. The van der Waals surface area contributed by atoms with E-state index in [1.165, 1.54) is 11.8 Å². The first-order valence-electron chi connectivity index (χ1n) is 10.8. The number of piperazine rings is 1. The molecule has 1 aromatic heterocycles. The molecule has 2 aromatic carbocycles. The summed E-state index contributed by atoms with van der Waals surface area (Å²) in [5.74, 6) is 2.11. The fraction of sp³-hybridized carbons (Fsp3) is 0.292. The van der Waals surface area contributed by atoms with Crippen molar-refractivity contribution in [3.63, 3.8) is 0 Å². The predicted octanol–water partition coefficient (Wildman–Crippen LogP) is 4.20. The fourth-order valence-electron chi connectivity index (χ4n) is 3.66. The Balaban J connectivity index is 1.27. The van der Waals surface area contributed by atoms with Gasteiger partial charge in [-0.1, -0.05) is 35.5 Å². The van der Waals surface area contributed by atoms with Crippen molar-refractivity contribution in [2.24, 2.45) is 0 Å². The lowest BCUT2D eigenvalue weighted by atomic mass is 10.2. The maximum atomic E-state index is 12.4. The molecule has 1 amide bonds. The molecule has 2 heterocycles. The van der Waals surface area contributed by atoms with Gasteiger partial charge in [-0.05, 0) is 24.3 Å².